The topological polar surface area (TPSA) is 108 Å². The predicted octanol–water partition coefficient (Wildman–Crippen LogP) is 2.03. The molecule has 0 saturated carbocycles. The summed E-state index contributed by atoms with van der Waals surface area (Å²) in [4.78, 5) is 30.1. The van der Waals surface area contributed by atoms with Crippen LogP contribution in [0.3, 0.4) is 0 Å². The molecule has 1 aromatic heterocycles. The summed E-state index contributed by atoms with van der Waals surface area (Å²) in [6.07, 6.45) is 1.81. The van der Waals surface area contributed by atoms with E-state index < -0.39 is 6.09 Å². The fourth-order valence-corrected chi connectivity index (χ4v) is 3.10. The van der Waals surface area contributed by atoms with E-state index >= 15 is 0 Å². The van der Waals surface area contributed by atoms with Crippen molar-refractivity contribution in [3.8, 4) is 11.8 Å². The van der Waals surface area contributed by atoms with Gasteiger partial charge in [0.15, 0.2) is 0 Å². The summed E-state index contributed by atoms with van der Waals surface area (Å²) in [6, 6.07) is 1.88. The SMILES string of the molecule is CCCN(CC#CCNC(=O)O)C(=O)C1=Cc2sccc2N=C(N)C1. The zero-order valence-electron chi connectivity index (χ0n) is 13.9. The molecule has 2 rings (SSSR count). The quantitative estimate of drug-likeness (QED) is 0.698. The van der Waals surface area contributed by atoms with Crippen LogP contribution >= 0.6 is 11.3 Å². The van der Waals surface area contributed by atoms with Gasteiger partial charge in [0, 0.05) is 18.5 Å². The Bertz CT molecular complexity index is 770. The molecule has 132 valence electrons. The van der Waals surface area contributed by atoms with Gasteiger partial charge in [-0.2, -0.15) is 0 Å². The maximum atomic E-state index is 12.9. The van der Waals surface area contributed by atoms with Crippen LogP contribution in [0.1, 0.15) is 24.6 Å². The number of carbonyl (C=O) groups excluding carboxylic acids is 1. The monoisotopic (exact) mass is 360 g/mol. The summed E-state index contributed by atoms with van der Waals surface area (Å²) in [6.45, 7) is 2.81. The number of fused-ring (bicyclic) bond motifs is 1. The van der Waals surface area contributed by atoms with Crippen LogP contribution in [0, 0.1) is 11.8 Å². The van der Waals surface area contributed by atoms with Crippen LogP contribution in [-0.4, -0.2) is 47.5 Å². The molecule has 0 unspecified atom stereocenters. The average Bonchev–Trinajstić information content (AvgIpc) is 2.92. The van der Waals surface area contributed by atoms with Gasteiger partial charge in [-0.3, -0.25) is 4.79 Å². The molecule has 0 fully saturated rings. The second kappa shape index (κ2) is 8.89. The number of amides is 2. The van der Waals surface area contributed by atoms with Crippen molar-refractivity contribution in [2.24, 2.45) is 10.7 Å². The Labute approximate surface area is 150 Å². The van der Waals surface area contributed by atoms with Crippen LogP contribution in [0.4, 0.5) is 10.5 Å². The molecular formula is C17H20N4O3S. The number of carbonyl (C=O) groups is 2. The third-order valence-electron chi connectivity index (χ3n) is 3.39. The molecule has 0 aliphatic carbocycles. The minimum atomic E-state index is -1.12. The summed E-state index contributed by atoms with van der Waals surface area (Å²) in [5.41, 5.74) is 7.30. The maximum Gasteiger partial charge on any atom is 0.405 e. The predicted molar refractivity (Wildman–Crippen MR) is 98.9 cm³/mol. The lowest BCUT2D eigenvalue weighted by Gasteiger charge is -2.21. The van der Waals surface area contributed by atoms with Gasteiger partial charge in [0.05, 0.1) is 23.7 Å². The summed E-state index contributed by atoms with van der Waals surface area (Å²) in [5.74, 6) is 5.81. The van der Waals surface area contributed by atoms with E-state index in [1.165, 1.54) is 11.3 Å². The van der Waals surface area contributed by atoms with Gasteiger partial charge in [0.1, 0.15) is 5.84 Å². The zero-order chi connectivity index (χ0) is 18.2. The molecule has 0 bridgehead atoms. The van der Waals surface area contributed by atoms with E-state index in [9.17, 15) is 9.59 Å². The molecule has 2 heterocycles. The molecule has 1 aliphatic rings. The number of hydrogen-bond acceptors (Lipinski definition) is 5. The van der Waals surface area contributed by atoms with Crippen LogP contribution < -0.4 is 11.1 Å². The molecule has 8 heteroatoms. The third kappa shape index (κ3) is 5.36. The molecule has 0 radical (unpaired) electrons. The highest BCUT2D eigenvalue weighted by molar-refractivity contribution is 7.11. The van der Waals surface area contributed by atoms with Gasteiger partial charge in [0.2, 0.25) is 0 Å². The van der Waals surface area contributed by atoms with E-state index in [2.05, 4.69) is 22.2 Å². The summed E-state index contributed by atoms with van der Waals surface area (Å²) >= 11 is 1.51. The summed E-state index contributed by atoms with van der Waals surface area (Å²) in [5, 5.41) is 12.6. The minimum absolute atomic E-state index is 0.0321. The van der Waals surface area contributed by atoms with Gasteiger partial charge in [-0.15, -0.1) is 11.3 Å². The first-order valence-corrected chi connectivity index (χ1v) is 8.72. The van der Waals surface area contributed by atoms with E-state index in [-0.39, 0.29) is 19.0 Å². The Morgan fingerprint density at radius 1 is 1.48 bits per heavy atom. The first-order chi connectivity index (χ1) is 12.0. The van der Waals surface area contributed by atoms with Gasteiger partial charge >= 0.3 is 6.09 Å². The van der Waals surface area contributed by atoms with Crippen LogP contribution in [0.2, 0.25) is 0 Å². The highest BCUT2D eigenvalue weighted by atomic mass is 32.1. The van der Waals surface area contributed by atoms with Crippen LogP contribution in [-0.2, 0) is 4.79 Å². The lowest BCUT2D eigenvalue weighted by Crippen LogP contribution is -2.34. The molecule has 1 aliphatic heterocycles. The van der Waals surface area contributed by atoms with Gasteiger partial charge < -0.3 is 21.1 Å². The Hall–Kier alpha value is -2.79. The van der Waals surface area contributed by atoms with Crippen LogP contribution in [0.25, 0.3) is 6.08 Å². The smallest absolute Gasteiger partial charge is 0.405 e. The van der Waals surface area contributed by atoms with E-state index in [0.29, 0.717) is 24.4 Å². The van der Waals surface area contributed by atoms with E-state index in [1.54, 1.807) is 4.90 Å². The Morgan fingerprint density at radius 2 is 2.28 bits per heavy atom. The molecule has 1 aromatic rings. The number of nitrogens with one attached hydrogen (secondary N) is 1. The van der Waals surface area contributed by atoms with Crippen LogP contribution in [0.5, 0.6) is 0 Å². The van der Waals surface area contributed by atoms with Gasteiger partial charge in [-0.05, 0) is 23.9 Å². The summed E-state index contributed by atoms with van der Waals surface area (Å²) in [7, 11) is 0. The lowest BCUT2D eigenvalue weighted by atomic mass is 10.1. The fourth-order valence-electron chi connectivity index (χ4n) is 2.31. The van der Waals surface area contributed by atoms with Gasteiger partial charge in [0.25, 0.3) is 5.91 Å². The number of amidine groups is 1. The number of carboxylic acid groups (broad SMARTS) is 1. The molecule has 0 aromatic carbocycles. The molecule has 25 heavy (non-hydrogen) atoms. The van der Waals surface area contributed by atoms with E-state index in [0.717, 1.165) is 17.0 Å². The average molecular weight is 360 g/mol. The van der Waals surface area contributed by atoms with Crippen molar-refractivity contribution >= 4 is 40.9 Å². The van der Waals surface area contributed by atoms with Crippen molar-refractivity contribution in [3.63, 3.8) is 0 Å². The van der Waals surface area contributed by atoms with E-state index in [1.807, 2.05) is 24.4 Å². The van der Waals surface area contributed by atoms with Gasteiger partial charge in [-0.25, -0.2) is 9.79 Å². The second-order valence-electron chi connectivity index (χ2n) is 5.36. The highest BCUT2D eigenvalue weighted by Crippen LogP contribution is 2.31. The molecule has 0 spiro atoms. The van der Waals surface area contributed by atoms with Crippen molar-refractivity contribution in [2.45, 2.75) is 19.8 Å². The number of aliphatic imine (C=N–C) groups is 1. The zero-order valence-corrected chi connectivity index (χ0v) is 14.7. The van der Waals surface area contributed by atoms with Crippen molar-refractivity contribution in [1.29, 1.82) is 0 Å². The Balaban J connectivity index is 2.12. The van der Waals surface area contributed by atoms with Crippen molar-refractivity contribution in [3.05, 3.63) is 21.9 Å². The summed E-state index contributed by atoms with van der Waals surface area (Å²) < 4.78 is 0. The molecule has 2 amide bonds. The number of rotatable bonds is 5. The van der Waals surface area contributed by atoms with Crippen LogP contribution in [0.15, 0.2) is 22.0 Å². The van der Waals surface area contributed by atoms with E-state index in [4.69, 9.17) is 10.8 Å². The largest absolute Gasteiger partial charge is 0.465 e. The number of nitrogens with two attached hydrogens (primary N) is 1. The van der Waals surface area contributed by atoms with Crippen molar-refractivity contribution in [2.75, 3.05) is 19.6 Å². The number of hydrogen-bond donors (Lipinski definition) is 3. The van der Waals surface area contributed by atoms with Crippen molar-refractivity contribution in [1.82, 2.24) is 10.2 Å². The van der Waals surface area contributed by atoms with Gasteiger partial charge in [-0.1, -0.05) is 18.8 Å². The highest BCUT2D eigenvalue weighted by Gasteiger charge is 2.21. The maximum absolute atomic E-state index is 12.9. The standard InChI is InChI=1S/C17H20N4O3S/c1-2-7-21(8-4-3-6-19-17(23)24)16(22)12-10-14-13(5-9-25-14)20-15(18)11-12/h5,9-10,19H,2,6-8,11H2,1H3,(H2,18,20)(H,23,24). The lowest BCUT2D eigenvalue weighted by molar-refractivity contribution is -0.126. The van der Waals surface area contributed by atoms with Crippen molar-refractivity contribution < 1.29 is 14.7 Å². The number of nitrogens with zero attached hydrogens (tertiary/aromatic N) is 2. The normalized spacial score (nSPS) is 12.7. The third-order valence-corrected chi connectivity index (χ3v) is 4.25. The number of thiophene rings is 1. The molecule has 0 saturated heterocycles. The first kappa shape index (κ1) is 18.5. The molecular weight excluding hydrogens is 340 g/mol. The Kier molecular flexibility index (Phi) is 6.60. The fraction of sp³-hybridized carbons (Fsp3) is 0.353. The second-order valence-corrected chi connectivity index (χ2v) is 6.31. The molecule has 0 atom stereocenters. The minimum Gasteiger partial charge on any atom is -0.465 e. The molecule has 7 nitrogen and oxygen atoms in total. The first-order valence-electron chi connectivity index (χ1n) is 7.84. The molecule has 4 N–H and O–H groups in total. The Morgan fingerprint density at radius 3 is 3.00 bits per heavy atom.